The molecule has 0 spiro atoms. The summed E-state index contributed by atoms with van der Waals surface area (Å²) >= 11 is 0. The van der Waals surface area contributed by atoms with Crippen molar-refractivity contribution in [1.82, 2.24) is 0 Å². The molecule has 0 radical (unpaired) electrons. The fourth-order valence-corrected chi connectivity index (χ4v) is 1.10. The van der Waals surface area contributed by atoms with Crippen LogP contribution in [0.4, 0.5) is 0 Å². The maximum absolute atomic E-state index is 11.2. The zero-order valence-corrected chi connectivity index (χ0v) is 6.81. The smallest absolute Gasteiger partial charge is 0.140 e. The first-order valence-electron chi connectivity index (χ1n) is 3.74. The van der Waals surface area contributed by atoms with Crippen molar-refractivity contribution in [3.05, 3.63) is 0 Å². The summed E-state index contributed by atoms with van der Waals surface area (Å²) < 4.78 is 5.08. The lowest BCUT2D eigenvalue weighted by molar-refractivity contribution is -0.127. The molecule has 1 fully saturated rings. The van der Waals surface area contributed by atoms with Gasteiger partial charge in [0.25, 0.3) is 0 Å². The normalized spacial score (nSPS) is 24.5. The van der Waals surface area contributed by atoms with Crippen LogP contribution in [0.15, 0.2) is 0 Å². The van der Waals surface area contributed by atoms with E-state index in [0.29, 0.717) is 12.2 Å². The lowest BCUT2D eigenvalue weighted by Gasteiger charge is -2.18. The van der Waals surface area contributed by atoms with Crippen LogP contribution in [0.25, 0.3) is 0 Å². The molecule has 1 aliphatic rings. The molecule has 1 saturated heterocycles. The molecular formula is C8H14O2. The minimum atomic E-state index is -0.241. The second-order valence-corrected chi connectivity index (χ2v) is 3.32. The fraction of sp³-hybridized carbons (Fsp3) is 0.875. The molecule has 2 nitrogen and oxygen atoms in total. The lowest BCUT2D eigenvalue weighted by Crippen LogP contribution is -2.29. The van der Waals surface area contributed by atoms with Crippen LogP contribution in [0.2, 0.25) is 0 Å². The number of carbonyl (C=O) groups is 1. The fourth-order valence-electron chi connectivity index (χ4n) is 1.10. The molecule has 1 atom stereocenters. The third-order valence-electron chi connectivity index (χ3n) is 2.18. The van der Waals surface area contributed by atoms with Crippen molar-refractivity contribution < 1.29 is 9.53 Å². The summed E-state index contributed by atoms with van der Waals surface area (Å²) in [5.41, 5.74) is -0.241. The first-order chi connectivity index (χ1) is 4.59. The van der Waals surface area contributed by atoms with Crippen molar-refractivity contribution in [3.8, 4) is 0 Å². The van der Waals surface area contributed by atoms with Crippen LogP contribution in [0, 0.1) is 5.41 Å². The maximum Gasteiger partial charge on any atom is 0.140 e. The highest BCUT2D eigenvalue weighted by molar-refractivity contribution is 5.84. The SMILES string of the molecule is CCC(=O)C(C)(C)C1CO1. The van der Waals surface area contributed by atoms with Gasteiger partial charge in [0.1, 0.15) is 5.78 Å². The molecular weight excluding hydrogens is 128 g/mol. The minimum Gasteiger partial charge on any atom is -0.372 e. The Morgan fingerprint density at radius 1 is 1.70 bits per heavy atom. The Kier molecular flexibility index (Phi) is 1.82. The summed E-state index contributed by atoms with van der Waals surface area (Å²) in [6.07, 6.45) is 0.812. The van der Waals surface area contributed by atoms with Crippen LogP contribution in [-0.4, -0.2) is 18.5 Å². The van der Waals surface area contributed by atoms with Gasteiger partial charge in [-0.15, -0.1) is 0 Å². The number of ether oxygens (including phenoxy) is 1. The lowest BCUT2D eigenvalue weighted by atomic mass is 9.83. The van der Waals surface area contributed by atoms with Gasteiger partial charge in [-0.3, -0.25) is 4.79 Å². The summed E-state index contributed by atoms with van der Waals surface area (Å²) in [7, 11) is 0. The molecule has 0 saturated carbocycles. The number of carbonyl (C=O) groups excluding carboxylic acids is 1. The van der Waals surface area contributed by atoms with Crippen molar-refractivity contribution in [2.24, 2.45) is 5.41 Å². The zero-order valence-electron chi connectivity index (χ0n) is 6.81. The number of hydrogen-bond acceptors (Lipinski definition) is 2. The molecule has 0 aromatic rings. The van der Waals surface area contributed by atoms with Crippen LogP contribution in [0.3, 0.4) is 0 Å². The van der Waals surface area contributed by atoms with E-state index >= 15 is 0 Å². The molecule has 2 heteroatoms. The van der Waals surface area contributed by atoms with Crippen LogP contribution >= 0.6 is 0 Å². The number of epoxide rings is 1. The van der Waals surface area contributed by atoms with E-state index in [4.69, 9.17) is 4.74 Å². The minimum absolute atomic E-state index is 0.194. The van der Waals surface area contributed by atoms with E-state index < -0.39 is 0 Å². The Bertz CT molecular complexity index is 145. The summed E-state index contributed by atoms with van der Waals surface area (Å²) in [6, 6.07) is 0. The van der Waals surface area contributed by atoms with Crippen molar-refractivity contribution in [1.29, 1.82) is 0 Å². The maximum atomic E-state index is 11.2. The highest BCUT2D eigenvalue weighted by Crippen LogP contribution is 2.33. The third-order valence-corrected chi connectivity index (χ3v) is 2.18. The summed E-state index contributed by atoms with van der Waals surface area (Å²) in [5.74, 6) is 0.301. The van der Waals surface area contributed by atoms with Crippen LogP contribution in [0.1, 0.15) is 27.2 Å². The summed E-state index contributed by atoms with van der Waals surface area (Å²) in [6.45, 7) is 6.57. The summed E-state index contributed by atoms with van der Waals surface area (Å²) in [5, 5.41) is 0. The largest absolute Gasteiger partial charge is 0.372 e. The van der Waals surface area contributed by atoms with E-state index in [1.807, 2.05) is 20.8 Å². The van der Waals surface area contributed by atoms with Gasteiger partial charge in [0.05, 0.1) is 18.1 Å². The van der Waals surface area contributed by atoms with Gasteiger partial charge in [-0.25, -0.2) is 0 Å². The molecule has 0 N–H and O–H groups in total. The highest BCUT2D eigenvalue weighted by Gasteiger charge is 2.43. The molecule has 0 aromatic heterocycles. The van der Waals surface area contributed by atoms with Gasteiger partial charge in [0.2, 0.25) is 0 Å². The monoisotopic (exact) mass is 142 g/mol. The van der Waals surface area contributed by atoms with Gasteiger partial charge in [-0.1, -0.05) is 20.8 Å². The van der Waals surface area contributed by atoms with Gasteiger partial charge in [-0.05, 0) is 0 Å². The van der Waals surface area contributed by atoms with E-state index in [0.717, 1.165) is 6.61 Å². The molecule has 0 amide bonds. The topological polar surface area (TPSA) is 29.6 Å². The Labute approximate surface area is 61.6 Å². The molecule has 10 heavy (non-hydrogen) atoms. The first kappa shape index (κ1) is 7.73. The van der Waals surface area contributed by atoms with Crippen molar-refractivity contribution in [2.75, 3.05) is 6.61 Å². The second-order valence-electron chi connectivity index (χ2n) is 3.32. The number of rotatable bonds is 3. The zero-order chi connectivity index (χ0) is 7.78. The molecule has 0 aromatic carbocycles. The molecule has 1 unspecified atom stereocenters. The Hall–Kier alpha value is -0.370. The van der Waals surface area contributed by atoms with E-state index in [1.54, 1.807) is 0 Å². The summed E-state index contributed by atoms with van der Waals surface area (Å²) in [4.78, 5) is 11.2. The highest BCUT2D eigenvalue weighted by atomic mass is 16.6. The van der Waals surface area contributed by atoms with E-state index in [2.05, 4.69) is 0 Å². The van der Waals surface area contributed by atoms with Gasteiger partial charge < -0.3 is 4.74 Å². The van der Waals surface area contributed by atoms with Crippen molar-refractivity contribution in [2.45, 2.75) is 33.3 Å². The molecule has 1 heterocycles. The van der Waals surface area contributed by atoms with E-state index in [1.165, 1.54) is 0 Å². The molecule has 1 rings (SSSR count). The van der Waals surface area contributed by atoms with Gasteiger partial charge >= 0.3 is 0 Å². The van der Waals surface area contributed by atoms with Gasteiger partial charge in [0, 0.05) is 6.42 Å². The molecule has 58 valence electrons. The van der Waals surface area contributed by atoms with Gasteiger partial charge in [0.15, 0.2) is 0 Å². The number of Topliss-reactive ketones (excluding diaryl/α,β-unsaturated/α-hetero) is 1. The van der Waals surface area contributed by atoms with Crippen LogP contribution in [-0.2, 0) is 9.53 Å². The first-order valence-corrected chi connectivity index (χ1v) is 3.74. The van der Waals surface area contributed by atoms with Crippen LogP contribution < -0.4 is 0 Å². The molecule has 1 aliphatic heterocycles. The Morgan fingerprint density at radius 2 is 2.20 bits per heavy atom. The number of ketones is 1. The average Bonchev–Trinajstić information content (AvgIpc) is 2.66. The molecule has 0 aliphatic carbocycles. The van der Waals surface area contributed by atoms with E-state index in [9.17, 15) is 4.79 Å². The average molecular weight is 142 g/mol. The van der Waals surface area contributed by atoms with Gasteiger partial charge in [-0.2, -0.15) is 0 Å². The molecule has 0 bridgehead atoms. The van der Waals surface area contributed by atoms with Crippen molar-refractivity contribution >= 4 is 5.78 Å². The predicted octanol–water partition coefficient (Wildman–Crippen LogP) is 1.39. The standard InChI is InChI=1S/C8H14O2/c1-4-6(9)8(2,3)7-5-10-7/h7H,4-5H2,1-3H3. The Morgan fingerprint density at radius 3 is 2.50 bits per heavy atom. The number of hydrogen-bond donors (Lipinski definition) is 0. The van der Waals surface area contributed by atoms with Crippen LogP contribution in [0.5, 0.6) is 0 Å². The second kappa shape index (κ2) is 2.35. The predicted molar refractivity (Wildman–Crippen MR) is 38.8 cm³/mol. The van der Waals surface area contributed by atoms with E-state index in [-0.39, 0.29) is 11.5 Å². The van der Waals surface area contributed by atoms with Crippen molar-refractivity contribution in [3.63, 3.8) is 0 Å². The Balaban J connectivity index is 2.56. The third kappa shape index (κ3) is 1.21. The quantitative estimate of drug-likeness (QED) is 0.557.